The number of rotatable bonds is 2. The molecular formula is CH6Cl2O6P2Sr. The Hall–Kier alpha value is 2.36. The molecule has 0 fully saturated rings. The van der Waals surface area contributed by atoms with Crippen LogP contribution in [0.2, 0.25) is 0 Å². The Morgan fingerprint density at radius 3 is 1.08 bits per heavy atom. The molecule has 0 aliphatic heterocycles. The maximum atomic E-state index is 10.2. The van der Waals surface area contributed by atoms with Crippen molar-refractivity contribution < 1.29 is 28.7 Å². The van der Waals surface area contributed by atoms with Crippen molar-refractivity contribution in [1.82, 2.24) is 0 Å². The van der Waals surface area contributed by atoms with Crippen molar-refractivity contribution in [3.8, 4) is 0 Å². The molecule has 0 aromatic rings. The fourth-order valence-corrected chi connectivity index (χ4v) is 1.53. The zero-order valence-electron chi connectivity index (χ0n) is 4.76. The van der Waals surface area contributed by atoms with E-state index in [0.29, 0.717) is 0 Å². The van der Waals surface area contributed by atoms with Crippen molar-refractivity contribution in [1.29, 1.82) is 0 Å². The van der Waals surface area contributed by atoms with Crippen LogP contribution in [0.3, 0.4) is 0 Å². The van der Waals surface area contributed by atoms with Gasteiger partial charge in [0.05, 0.1) is 0 Å². The molecule has 0 bridgehead atoms. The molecule has 0 atom stereocenters. The summed E-state index contributed by atoms with van der Waals surface area (Å²) in [6, 6.07) is 0. The third kappa shape index (κ3) is 3.85. The predicted molar refractivity (Wildman–Crippen MR) is 47.1 cm³/mol. The van der Waals surface area contributed by atoms with Crippen LogP contribution >= 0.6 is 38.4 Å². The topological polar surface area (TPSA) is 115 Å². The van der Waals surface area contributed by atoms with E-state index in [1.807, 2.05) is 0 Å². The number of hydrogen-bond acceptors (Lipinski definition) is 2. The average Bonchev–Trinajstić information content (AvgIpc) is 1.58. The van der Waals surface area contributed by atoms with Gasteiger partial charge in [0.25, 0.3) is 0 Å². The Bertz CT molecular complexity index is 216. The molecule has 12 heavy (non-hydrogen) atoms. The number of halogens is 2. The summed E-state index contributed by atoms with van der Waals surface area (Å²) in [5, 5.41) is 0. The van der Waals surface area contributed by atoms with E-state index in [1.54, 1.807) is 0 Å². The van der Waals surface area contributed by atoms with Crippen LogP contribution in [-0.4, -0.2) is 68.9 Å². The summed E-state index contributed by atoms with van der Waals surface area (Å²) >= 11 is 9.46. The van der Waals surface area contributed by atoms with Crippen molar-refractivity contribution in [2.45, 2.75) is 3.82 Å². The van der Waals surface area contributed by atoms with Gasteiger partial charge in [-0.15, -0.1) is 0 Å². The second-order valence-electron chi connectivity index (χ2n) is 1.60. The second kappa shape index (κ2) is 4.92. The standard InChI is InChI=1S/CH4Cl2O6P2.Sr.2H/c2-1(3,10(4,5)6)11(7,8)9;;;/h(H2,4,5,6)(H2,7,8,9);;;. The molecule has 0 radical (unpaired) electrons. The van der Waals surface area contributed by atoms with Crippen molar-refractivity contribution >= 4 is 83.9 Å². The van der Waals surface area contributed by atoms with Gasteiger partial charge in [-0.25, -0.2) is 0 Å². The summed E-state index contributed by atoms with van der Waals surface area (Å²) in [7, 11) is -10.4. The van der Waals surface area contributed by atoms with Crippen LogP contribution in [0.15, 0.2) is 0 Å². The van der Waals surface area contributed by atoms with Crippen LogP contribution in [0.25, 0.3) is 0 Å². The molecule has 4 N–H and O–H groups in total. The molecule has 0 aliphatic rings. The number of hydrogen-bond donors (Lipinski definition) is 4. The molecule has 0 aliphatic carbocycles. The first-order chi connectivity index (χ1) is 4.50. The van der Waals surface area contributed by atoms with Crippen LogP contribution in [-0.2, 0) is 9.13 Å². The van der Waals surface area contributed by atoms with Crippen molar-refractivity contribution in [3.05, 3.63) is 0 Å². The zero-order chi connectivity index (χ0) is 9.50. The van der Waals surface area contributed by atoms with E-state index in [0.717, 1.165) is 0 Å². The summed E-state index contributed by atoms with van der Waals surface area (Å²) in [4.78, 5) is 32.9. The Morgan fingerprint density at radius 1 is 0.917 bits per heavy atom. The first-order valence-electron chi connectivity index (χ1n) is 1.99. The quantitative estimate of drug-likeness (QED) is 0.308. The van der Waals surface area contributed by atoms with Crippen LogP contribution in [0.1, 0.15) is 0 Å². The van der Waals surface area contributed by atoms with E-state index in [4.69, 9.17) is 42.8 Å². The molecular weight excluding hydrogens is 328 g/mol. The van der Waals surface area contributed by atoms with Gasteiger partial charge in [-0.1, -0.05) is 23.2 Å². The molecule has 11 heteroatoms. The summed E-state index contributed by atoms with van der Waals surface area (Å²) in [5.41, 5.74) is 0. The van der Waals surface area contributed by atoms with Crippen LogP contribution in [0.5, 0.6) is 0 Å². The van der Waals surface area contributed by atoms with Crippen molar-refractivity contribution in [2.75, 3.05) is 0 Å². The molecule has 0 aromatic heterocycles. The van der Waals surface area contributed by atoms with E-state index in [-0.39, 0.29) is 45.5 Å². The third-order valence-corrected chi connectivity index (χ3v) is 6.31. The molecule has 0 amide bonds. The van der Waals surface area contributed by atoms with Gasteiger partial charge in [0, 0.05) is 0 Å². The number of alkyl halides is 2. The first-order valence-corrected chi connectivity index (χ1v) is 5.97. The fraction of sp³-hybridized carbons (Fsp3) is 1.00. The second-order valence-corrected chi connectivity index (χ2v) is 7.85. The molecule has 0 spiro atoms. The fourth-order valence-electron chi connectivity index (χ4n) is 0.170. The Balaban J connectivity index is 0. The van der Waals surface area contributed by atoms with Gasteiger partial charge in [0.2, 0.25) is 0 Å². The average molecular weight is 335 g/mol. The van der Waals surface area contributed by atoms with Crippen molar-refractivity contribution in [3.63, 3.8) is 0 Å². The first kappa shape index (κ1) is 16.8. The molecule has 0 saturated carbocycles. The van der Waals surface area contributed by atoms with Crippen LogP contribution < -0.4 is 0 Å². The van der Waals surface area contributed by atoms with E-state index in [2.05, 4.69) is 0 Å². The summed E-state index contributed by atoms with van der Waals surface area (Å²) in [6.07, 6.45) is 0. The van der Waals surface area contributed by atoms with E-state index in [1.165, 1.54) is 0 Å². The zero-order valence-corrected chi connectivity index (χ0v) is 8.06. The van der Waals surface area contributed by atoms with E-state index < -0.39 is 19.0 Å². The molecule has 6 nitrogen and oxygen atoms in total. The molecule has 0 unspecified atom stereocenters. The molecule has 0 heterocycles. The summed E-state index contributed by atoms with van der Waals surface area (Å²) < 4.78 is 17.1. The maximum absolute atomic E-state index is 10.2. The van der Waals surface area contributed by atoms with Gasteiger partial charge in [-0.3, -0.25) is 9.13 Å². The Labute approximate surface area is 115 Å². The third-order valence-electron chi connectivity index (χ3n) is 0.701. The minimum atomic E-state index is -5.22. The molecule has 72 valence electrons. The molecule has 0 rings (SSSR count). The van der Waals surface area contributed by atoms with Gasteiger partial charge >= 0.3 is 64.5 Å². The Kier molecular flexibility index (Phi) is 6.88. The van der Waals surface area contributed by atoms with E-state index in [9.17, 15) is 9.13 Å². The summed E-state index contributed by atoms with van der Waals surface area (Å²) in [6.45, 7) is 0. The SMILES string of the molecule is O=P(O)(O)C(Cl)(Cl)P(=O)(O)O.[SrH2]. The van der Waals surface area contributed by atoms with Gasteiger partial charge in [0.15, 0.2) is 0 Å². The Morgan fingerprint density at radius 2 is 1.08 bits per heavy atom. The monoisotopic (exact) mass is 334 g/mol. The minimum absolute atomic E-state index is 0. The normalized spacial score (nSPS) is 13.8. The van der Waals surface area contributed by atoms with Crippen LogP contribution in [0.4, 0.5) is 0 Å². The van der Waals surface area contributed by atoms with Gasteiger partial charge in [-0.05, 0) is 0 Å². The van der Waals surface area contributed by atoms with E-state index >= 15 is 0 Å². The van der Waals surface area contributed by atoms with Gasteiger partial charge in [-0.2, -0.15) is 0 Å². The molecule has 0 saturated heterocycles. The van der Waals surface area contributed by atoms with Crippen LogP contribution in [0, 0.1) is 0 Å². The van der Waals surface area contributed by atoms with Gasteiger partial charge in [0.1, 0.15) is 0 Å². The predicted octanol–water partition coefficient (Wildman–Crippen LogP) is -0.485. The van der Waals surface area contributed by atoms with Crippen molar-refractivity contribution in [2.24, 2.45) is 0 Å². The molecule has 0 aromatic carbocycles. The van der Waals surface area contributed by atoms with Gasteiger partial charge < -0.3 is 19.6 Å². The summed E-state index contributed by atoms with van der Waals surface area (Å²) in [5.74, 6) is 0.